The summed E-state index contributed by atoms with van der Waals surface area (Å²) in [5.41, 5.74) is -0.715. The van der Waals surface area contributed by atoms with Crippen LogP contribution >= 0.6 is 0 Å². The Hall–Kier alpha value is -2.12. The Balaban J connectivity index is 1.51. The highest BCUT2D eigenvalue weighted by Gasteiger charge is 2.52. The van der Waals surface area contributed by atoms with Crippen molar-refractivity contribution in [2.45, 2.75) is 44.6 Å². The van der Waals surface area contributed by atoms with Crippen molar-refractivity contribution >= 4 is 23.8 Å². The summed E-state index contributed by atoms with van der Waals surface area (Å²) in [4.78, 5) is 52.8. The maximum atomic E-state index is 12.5. The van der Waals surface area contributed by atoms with E-state index in [4.69, 9.17) is 0 Å². The lowest BCUT2D eigenvalue weighted by atomic mass is 9.98. The zero-order valence-corrected chi connectivity index (χ0v) is 14.0. The van der Waals surface area contributed by atoms with Crippen molar-refractivity contribution in [3.05, 3.63) is 0 Å². The Kier molecular flexibility index (Phi) is 4.47. The number of imide groups is 1. The van der Waals surface area contributed by atoms with E-state index in [1.807, 2.05) is 0 Å². The minimum absolute atomic E-state index is 0.0169. The summed E-state index contributed by atoms with van der Waals surface area (Å²) >= 11 is 0. The van der Waals surface area contributed by atoms with Crippen LogP contribution in [0.15, 0.2) is 0 Å². The zero-order valence-electron chi connectivity index (χ0n) is 14.0. The lowest BCUT2D eigenvalue weighted by Crippen LogP contribution is -2.50. The molecule has 0 atom stereocenters. The van der Waals surface area contributed by atoms with Gasteiger partial charge in [0.1, 0.15) is 5.54 Å². The second kappa shape index (κ2) is 6.41. The van der Waals surface area contributed by atoms with Crippen LogP contribution in [-0.4, -0.2) is 76.7 Å². The summed E-state index contributed by atoms with van der Waals surface area (Å²) in [6.07, 6.45) is 3.40. The molecule has 5 amide bonds. The Labute approximate surface area is 141 Å². The summed E-state index contributed by atoms with van der Waals surface area (Å²) in [5.74, 6) is -0.242. The molecular weight excluding hydrogens is 312 g/mol. The molecule has 3 fully saturated rings. The van der Waals surface area contributed by atoms with E-state index in [9.17, 15) is 19.2 Å². The number of nitrogens with one attached hydrogen (secondary N) is 1. The number of urea groups is 1. The van der Waals surface area contributed by atoms with Gasteiger partial charge in [-0.05, 0) is 12.8 Å². The Morgan fingerprint density at radius 1 is 1.04 bits per heavy atom. The van der Waals surface area contributed by atoms with Crippen LogP contribution in [0.25, 0.3) is 0 Å². The first-order valence-electron chi connectivity index (χ1n) is 8.60. The summed E-state index contributed by atoms with van der Waals surface area (Å²) in [7, 11) is 0. The van der Waals surface area contributed by atoms with Gasteiger partial charge in [0.2, 0.25) is 11.8 Å². The van der Waals surface area contributed by atoms with E-state index in [2.05, 4.69) is 5.32 Å². The second-order valence-corrected chi connectivity index (χ2v) is 6.81. The number of rotatable bonds is 3. The van der Waals surface area contributed by atoms with Gasteiger partial charge in [-0.1, -0.05) is 12.8 Å². The van der Waals surface area contributed by atoms with Crippen molar-refractivity contribution in [3.8, 4) is 0 Å². The molecule has 2 aliphatic heterocycles. The predicted molar refractivity (Wildman–Crippen MR) is 84.9 cm³/mol. The number of carbonyl (C=O) groups excluding carboxylic acids is 4. The maximum Gasteiger partial charge on any atom is 0.325 e. The molecule has 3 aliphatic rings. The van der Waals surface area contributed by atoms with E-state index in [1.165, 1.54) is 11.8 Å². The molecular formula is C16H24N4O4. The fourth-order valence-corrected chi connectivity index (χ4v) is 3.83. The van der Waals surface area contributed by atoms with Gasteiger partial charge in [-0.2, -0.15) is 0 Å². The molecule has 0 aromatic rings. The summed E-state index contributed by atoms with van der Waals surface area (Å²) < 4.78 is 0. The fraction of sp³-hybridized carbons (Fsp3) is 0.750. The van der Waals surface area contributed by atoms with Crippen LogP contribution in [0.1, 0.15) is 39.0 Å². The molecule has 2 heterocycles. The normalized spacial score (nSPS) is 23.1. The van der Waals surface area contributed by atoms with E-state index >= 15 is 0 Å². The van der Waals surface area contributed by atoms with Gasteiger partial charge in [0, 0.05) is 46.1 Å². The minimum atomic E-state index is -0.715. The van der Waals surface area contributed by atoms with E-state index in [0.717, 1.165) is 12.8 Å². The van der Waals surface area contributed by atoms with Crippen LogP contribution in [0.5, 0.6) is 0 Å². The van der Waals surface area contributed by atoms with Crippen LogP contribution in [0.4, 0.5) is 4.79 Å². The third kappa shape index (κ3) is 2.97. The van der Waals surface area contributed by atoms with E-state index in [-0.39, 0.29) is 36.7 Å². The highest BCUT2D eigenvalue weighted by Crippen LogP contribution is 2.35. The average Bonchev–Trinajstić information content (AvgIpc) is 3.12. The smallest absolute Gasteiger partial charge is 0.325 e. The summed E-state index contributed by atoms with van der Waals surface area (Å²) in [6.45, 7) is 3.72. The maximum absolute atomic E-state index is 12.5. The van der Waals surface area contributed by atoms with Crippen LogP contribution in [0, 0.1) is 0 Å². The van der Waals surface area contributed by atoms with Crippen molar-refractivity contribution in [3.63, 3.8) is 0 Å². The number of hydrogen-bond acceptors (Lipinski definition) is 4. The molecule has 24 heavy (non-hydrogen) atoms. The predicted octanol–water partition coefficient (Wildman–Crippen LogP) is -0.0682. The molecule has 1 saturated carbocycles. The van der Waals surface area contributed by atoms with E-state index < -0.39 is 5.54 Å². The highest BCUT2D eigenvalue weighted by molar-refractivity contribution is 6.07. The van der Waals surface area contributed by atoms with Gasteiger partial charge >= 0.3 is 6.03 Å². The van der Waals surface area contributed by atoms with Crippen molar-refractivity contribution in [2.75, 3.05) is 32.7 Å². The van der Waals surface area contributed by atoms with Crippen molar-refractivity contribution < 1.29 is 19.2 Å². The van der Waals surface area contributed by atoms with E-state index in [0.29, 0.717) is 39.0 Å². The van der Waals surface area contributed by atoms with Gasteiger partial charge in [0.15, 0.2) is 0 Å². The van der Waals surface area contributed by atoms with Gasteiger partial charge in [0.25, 0.3) is 5.91 Å². The van der Waals surface area contributed by atoms with Crippen LogP contribution in [0.3, 0.4) is 0 Å². The molecule has 132 valence electrons. The van der Waals surface area contributed by atoms with Gasteiger partial charge in [0.05, 0.1) is 0 Å². The number of hydrogen-bond donors (Lipinski definition) is 1. The molecule has 0 aromatic carbocycles. The minimum Gasteiger partial charge on any atom is -0.339 e. The van der Waals surface area contributed by atoms with E-state index in [1.54, 1.807) is 9.80 Å². The van der Waals surface area contributed by atoms with Gasteiger partial charge in [-0.25, -0.2) is 4.79 Å². The molecule has 1 N–H and O–H groups in total. The lowest BCUT2D eigenvalue weighted by molar-refractivity contribution is -0.139. The van der Waals surface area contributed by atoms with Gasteiger partial charge in [-0.15, -0.1) is 0 Å². The van der Waals surface area contributed by atoms with Gasteiger partial charge < -0.3 is 15.1 Å². The van der Waals surface area contributed by atoms with Crippen LogP contribution < -0.4 is 5.32 Å². The highest BCUT2D eigenvalue weighted by atomic mass is 16.2. The first-order chi connectivity index (χ1) is 11.4. The molecule has 1 spiro atoms. The molecule has 2 saturated heterocycles. The molecule has 0 aromatic heterocycles. The number of nitrogens with zero attached hydrogens (tertiary/aromatic N) is 3. The third-order valence-electron chi connectivity index (χ3n) is 5.33. The summed E-state index contributed by atoms with van der Waals surface area (Å²) in [5, 5.41) is 2.82. The topological polar surface area (TPSA) is 90.0 Å². The largest absolute Gasteiger partial charge is 0.339 e. The monoisotopic (exact) mass is 336 g/mol. The Morgan fingerprint density at radius 3 is 2.21 bits per heavy atom. The van der Waals surface area contributed by atoms with Crippen LogP contribution in [-0.2, 0) is 14.4 Å². The van der Waals surface area contributed by atoms with Crippen molar-refractivity contribution in [1.82, 2.24) is 20.0 Å². The molecule has 8 heteroatoms. The molecule has 3 rings (SSSR count). The Morgan fingerprint density at radius 2 is 1.62 bits per heavy atom. The SMILES string of the molecule is CC(=O)N1CCN(C(=O)CCN2C(=O)NC3(CCCC3)C2=O)CC1. The summed E-state index contributed by atoms with van der Waals surface area (Å²) in [6, 6.07) is -0.379. The number of carbonyl (C=O) groups is 4. The first-order valence-corrected chi connectivity index (χ1v) is 8.60. The molecule has 1 aliphatic carbocycles. The van der Waals surface area contributed by atoms with Crippen LogP contribution in [0.2, 0.25) is 0 Å². The van der Waals surface area contributed by atoms with Gasteiger partial charge in [-0.3, -0.25) is 19.3 Å². The average molecular weight is 336 g/mol. The fourth-order valence-electron chi connectivity index (χ4n) is 3.83. The van der Waals surface area contributed by atoms with Crippen molar-refractivity contribution in [2.24, 2.45) is 0 Å². The lowest BCUT2D eigenvalue weighted by Gasteiger charge is -2.34. The first kappa shape index (κ1) is 16.7. The molecule has 0 radical (unpaired) electrons. The number of amides is 5. The third-order valence-corrected chi connectivity index (χ3v) is 5.33. The molecule has 0 bridgehead atoms. The second-order valence-electron chi connectivity index (χ2n) is 6.81. The zero-order chi connectivity index (χ0) is 17.3. The Bertz CT molecular complexity index is 562. The molecule has 8 nitrogen and oxygen atoms in total. The number of piperazine rings is 1. The quantitative estimate of drug-likeness (QED) is 0.731. The van der Waals surface area contributed by atoms with Crippen molar-refractivity contribution in [1.29, 1.82) is 0 Å². The molecule has 0 unspecified atom stereocenters. The standard InChI is InChI=1S/C16H24N4O4/c1-12(21)18-8-10-19(11-9-18)13(22)4-7-20-14(23)16(17-15(20)24)5-2-3-6-16/h2-11H2,1H3,(H,17,24).